The molecule has 0 aliphatic heterocycles. The van der Waals surface area contributed by atoms with Crippen molar-refractivity contribution >= 4 is 39.9 Å². The molecule has 0 atom stereocenters. The van der Waals surface area contributed by atoms with Crippen LogP contribution in [0.5, 0.6) is 0 Å². The van der Waals surface area contributed by atoms with Gasteiger partial charge in [-0.2, -0.15) is 0 Å². The lowest BCUT2D eigenvalue weighted by atomic mass is 10.3. The van der Waals surface area contributed by atoms with Gasteiger partial charge in [-0.25, -0.2) is 4.98 Å². The Labute approximate surface area is 114 Å². The Kier molecular flexibility index (Phi) is 4.38. The molecule has 1 amide bonds. The molecular formula is C12H14ClN3OS. The second-order valence-corrected chi connectivity index (χ2v) is 5.05. The maximum absolute atomic E-state index is 11.5. The molecule has 0 saturated heterocycles. The summed E-state index contributed by atoms with van der Waals surface area (Å²) in [4.78, 5) is 16.5. The predicted molar refractivity (Wildman–Crippen MR) is 75.0 cm³/mol. The number of nitrogens with one attached hydrogen (secondary N) is 1. The van der Waals surface area contributed by atoms with Crippen LogP contribution in [-0.2, 0) is 4.79 Å². The zero-order valence-electron chi connectivity index (χ0n) is 10.0. The molecule has 6 heteroatoms. The molecule has 0 saturated carbocycles. The number of fused-ring (bicyclic) bond motifs is 1. The molecule has 2 aromatic rings. The minimum absolute atomic E-state index is 0.107. The number of rotatable bonds is 5. The van der Waals surface area contributed by atoms with Crippen LogP contribution in [0, 0.1) is 0 Å². The average Bonchev–Trinajstić information content (AvgIpc) is 2.88. The molecule has 2 aromatic heterocycles. The number of imidazole rings is 1. The first-order valence-electron chi connectivity index (χ1n) is 5.79. The summed E-state index contributed by atoms with van der Waals surface area (Å²) in [5.74, 6) is -0.107. The minimum atomic E-state index is -0.107. The highest BCUT2D eigenvalue weighted by atomic mass is 35.5. The first-order valence-corrected chi connectivity index (χ1v) is 7.05. The van der Waals surface area contributed by atoms with Gasteiger partial charge in [0.1, 0.15) is 0 Å². The largest absolute Gasteiger partial charge is 0.353 e. The normalized spacial score (nSPS) is 11.4. The molecule has 1 N–H and O–H groups in total. The highest BCUT2D eigenvalue weighted by molar-refractivity contribution is 7.15. The van der Waals surface area contributed by atoms with E-state index in [4.69, 9.17) is 11.6 Å². The van der Waals surface area contributed by atoms with Crippen LogP contribution >= 0.6 is 22.9 Å². The van der Waals surface area contributed by atoms with Crippen molar-refractivity contribution in [2.24, 2.45) is 0 Å². The molecule has 0 unspecified atom stereocenters. The molecule has 0 fully saturated rings. The van der Waals surface area contributed by atoms with Crippen molar-refractivity contribution in [3.05, 3.63) is 28.5 Å². The summed E-state index contributed by atoms with van der Waals surface area (Å²) in [5, 5.41) is 5.16. The molecular weight excluding hydrogens is 270 g/mol. The van der Waals surface area contributed by atoms with E-state index < -0.39 is 0 Å². The molecule has 0 aliphatic rings. The highest BCUT2D eigenvalue weighted by Crippen LogP contribution is 2.22. The number of hydrogen-bond donors (Lipinski definition) is 1. The zero-order valence-corrected chi connectivity index (χ0v) is 11.6. The van der Waals surface area contributed by atoms with Gasteiger partial charge in [-0.05, 0) is 12.5 Å². The summed E-state index contributed by atoms with van der Waals surface area (Å²) >= 11 is 7.52. The minimum Gasteiger partial charge on any atom is -0.353 e. The molecule has 0 spiro atoms. The summed E-state index contributed by atoms with van der Waals surface area (Å²) in [5.41, 5.74) is 0.735. The lowest BCUT2D eigenvalue weighted by Gasteiger charge is -1.99. The van der Waals surface area contributed by atoms with Gasteiger partial charge in [0.15, 0.2) is 10.1 Å². The Bertz CT molecular complexity index is 573. The molecule has 18 heavy (non-hydrogen) atoms. The van der Waals surface area contributed by atoms with Crippen LogP contribution in [-0.4, -0.2) is 21.8 Å². The number of halogens is 1. The number of nitrogens with zero attached hydrogens (tertiary/aromatic N) is 2. The van der Waals surface area contributed by atoms with E-state index >= 15 is 0 Å². The third kappa shape index (κ3) is 2.91. The van der Waals surface area contributed by atoms with Crippen molar-refractivity contribution in [1.82, 2.24) is 14.7 Å². The first kappa shape index (κ1) is 13.1. The lowest BCUT2D eigenvalue weighted by Crippen LogP contribution is -2.21. The monoisotopic (exact) mass is 283 g/mol. The van der Waals surface area contributed by atoms with Crippen LogP contribution in [0.25, 0.3) is 11.0 Å². The third-order valence-corrected chi connectivity index (χ3v) is 3.51. The van der Waals surface area contributed by atoms with Crippen molar-refractivity contribution in [3.63, 3.8) is 0 Å². The molecule has 0 bridgehead atoms. The Balaban J connectivity index is 2.06. The maximum atomic E-state index is 11.5. The average molecular weight is 284 g/mol. The number of hydrogen-bond acceptors (Lipinski definition) is 3. The number of thiazole rings is 1. The van der Waals surface area contributed by atoms with Gasteiger partial charge in [0.05, 0.1) is 5.69 Å². The molecule has 96 valence electrons. The predicted octanol–water partition coefficient (Wildman–Crippen LogP) is 2.98. The Morgan fingerprint density at radius 1 is 1.67 bits per heavy atom. The van der Waals surface area contributed by atoms with Crippen LogP contribution in [0.2, 0.25) is 5.15 Å². The molecule has 0 aliphatic carbocycles. The van der Waals surface area contributed by atoms with Gasteiger partial charge in [-0.15, -0.1) is 11.3 Å². The lowest BCUT2D eigenvalue weighted by molar-refractivity contribution is -0.116. The highest BCUT2D eigenvalue weighted by Gasteiger charge is 2.08. The molecule has 2 heterocycles. The number of unbranched alkanes of at least 4 members (excludes halogenated alkanes) is 1. The van der Waals surface area contributed by atoms with Crippen LogP contribution in [0.3, 0.4) is 0 Å². The summed E-state index contributed by atoms with van der Waals surface area (Å²) in [6, 6.07) is 0. The smallest absolute Gasteiger partial charge is 0.244 e. The quantitative estimate of drug-likeness (QED) is 0.677. The third-order valence-electron chi connectivity index (χ3n) is 2.48. The van der Waals surface area contributed by atoms with E-state index in [0.717, 1.165) is 23.5 Å². The second kappa shape index (κ2) is 6.02. The fourth-order valence-electron chi connectivity index (χ4n) is 1.53. The standard InChI is InChI=1S/C12H14ClN3OS/c1-2-3-6-14-10(17)5-4-9-11(13)15-12-16(9)7-8-18-12/h4-5,7-8H,2-3,6H2,1H3,(H,14,17)/b5-4+. The van der Waals surface area contributed by atoms with E-state index in [9.17, 15) is 4.79 Å². The van der Waals surface area contributed by atoms with Gasteiger partial charge in [-0.1, -0.05) is 24.9 Å². The number of carbonyl (C=O) groups is 1. The molecule has 0 radical (unpaired) electrons. The SMILES string of the molecule is CCCCNC(=O)/C=C/c1c(Cl)nc2sccn12. The van der Waals surface area contributed by atoms with Gasteiger partial charge in [-0.3, -0.25) is 9.20 Å². The van der Waals surface area contributed by atoms with Crippen molar-refractivity contribution in [2.45, 2.75) is 19.8 Å². The topological polar surface area (TPSA) is 46.4 Å². The van der Waals surface area contributed by atoms with Gasteiger partial charge in [0.2, 0.25) is 5.91 Å². The van der Waals surface area contributed by atoms with E-state index in [2.05, 4.69) is 17.2 Å². The first-order chi connectivity index (χ1) is 8.72. The second-order valence-electron chi connectivity index (χ2n) is 3.82. The molecule has 0 aromatic carbocycles. The van der Waals surface area contributed by atoms with E-state index in [-0.39, 0.29) is 5.91 Å². The van der Waals surface area contributed by atoms with Crippen molar-refractivity contribution < 1.29 is 4.79 Å². The van der Waals surface area contributed by atoms with Gasteiger partial charge >= 0.3 is 0 Å². The summed E-state index contributed by atoms with van der Waals surface area (Å²) in [6.07, 6.45) is 7.11. The van der Waals surface area contributed by atoms with E-state index in [1.54, 1.807) is 6.08 Å². The Hall–Kier alpha value is -1.33. The number of carbonyl (C=O) groups excluding carboxylic acids is 1. The van der Waals surface area contributed by atoms with Crippen molar-refractivity contribution in [2.75, 3.05) is 6.54 Å². The van der Waals surface area contributed by atoms with Gasteiger partial charge in [0, 0.05) is 24.2 Å². The van der Waals surface area contributed by atoms with Gasteiger partial charge < -0.3 is 5.32 Å². The van der Waals surface area contributed by atoms with E-state index in [1.807, 2.05) is 16.0 Å². The number of amides is 1. The summed E-state index contributed by atoms with van der Waals surface area (Å²) < 4.78 is 1.86. The fourth-order valence-corrected chi connectivity index (χ4v) is 2.53. The Morgan fingerprint density at radius 3 is 3.28 bits per heavy atom. The maximum Gasteiger partial charge on any atom is 0.244 e. The summed E-state index contributed by atoms with van der Waals surface area (Å²) in [7, 11) is 0. The van der Waals surface area contributed by atoms with Crippen molar-refractivity contribution in [1.29, 1.82) is 0 Å². The van der Waals surface area contributed by atoms with Crippen molar-refractivity contribution in [3.8, 4) is 0 Å². The van der Waals surface area contributed by atoms with Crippen LogP contribution in [0.1, 0.15) is 25.5 Å². The number of aromatic nitrogens is 2. The molecule has 4 nitrogen and oxygen atoms in total. The molecule has 2 rings (SSSR count). The Morgan fingerprint density at radius 2 is 2.50 bits per heavy atom. The van der Waals surface area contributed by atoms with Crippen LogP contribution in [0.4, 0.5) is 0 Å². The van der Waals surface area contributed by atoms with Gasteiger partial charge in [0.25, 0.3) is 0 Å². The van der Waals surface area contributed by atoms with E-state index in [1.165, 1.54) is 17.4 Å². The van der Waals surface area contributed by atoms with E-state index in [0.29, 0.717) is 11.7 Å². The van der Waals surface area contributed by atoms with Crippen LogP contribution in [0.15, 0.2) is 17.7 Å². The zero-order chi connectivity index (χ0) is 13.0. The summed E-state index contributed by atoms with van der Waals surface area (Å²) in [6.45, 7) is 2.79. The van der Waals surface area contributed by atoms with Crippen LogP contribution < -0.4 is 5.32 Å². The fraction of sp³-hybridized carbons (Fsp3) is 0.333.